The molecule has 1 aromatic rings. The number of para-hydroxylation sites is 1. The van der Waals surface area contributed by atoms with Crippen LogP contribution in [0.3, 0.4) is 0 Å². The Morgan fingerprint density at radius 1 is 1.29 bits per heavy atom. The summed E-state index contributed by atoms with van der Waals surface area (Å²) in [5, 5.41) is 5.60. The fraction of sp³-hybridized carbons (Fsp3) is 0.467. The molecular weight excluding hydrogens is 284 g/mol. The van der Waals surface area contributed by atoms with Crippen molar-refractivity contribution in [3.63, 3.8) is 0 Å². The Hall–Kier alpha value is -1.66. The number of amides is 1. The Balaban J connectivity index is 2.08. The highest BCUT2D eigenvalue weighted by Crippen LogP contribution is 2.21. The van der Waals surface area contributed by atoms with Crippen molar-refractivity contribution in [1.29, 1.82) is 0 Å². The van der Waals surface area contributed by atoms with Gasteiger partial charge in [0.25, 0.3) is 0 Å². The molecule has 0 aromatic heterocycles. The van der Waals surface area contributed by atoms with Crippen molar-refractivity contribution in [3.8, 4) is 0 Å². The number of hydrazine groups is 1. The van der Waals surface area contributed by atoms with Gasteiger partial charge in [0, 0.05) is 13.1 Å². The van der Waals surface area contributed by atoms with E-state index < -0.39 is 5.66 Å². The summed E-state index contributed by atoms with van der Waals surface area (Å²) in [6.07, 6.45) is 0.345. The SMILES string of the molecule is CCN(CC)C(=O)C[C@]1(C)NC(=S)N(c2ccccc2)N1. The molecule has 21 heavy (non-hydrogen) atoms. The summed E-state index contributed by atoms with van der Waals surface area (Å²) in [5.41, 5.74) is 3.69. The van der Waals surface area contributed by atoms with Gasteiger partial charge in [-0.2, -0.15) is 0 Å². The maximum atomic E-state index is 12.3. The number of carbonyl (C=O) groups excluding carboxylic acids is 1. The van der Waals surface area contributed by atoms with Crippen molar-refractivity contribution in [2.75, 3.05) is 18.1 Å². The molecule has 114 valence electrons. The number of anilines is 1. The molecule has 1 heterocycles. The third kappa shape index (κ3) is 3.51. The average molecular weight is 306 g/mol. The summed E-state index contributed by atoms with van der Waals surface area (Å²) in [7, 11) is 0. The molecule has 6 heteroatoms. The quantitative estimate of drug-likeness (QED) is 0.813. The predicted molar refractivity (Wildman–Crippen MR) is 88.7 cm³/mol. The van der Waals surface area contributed by atoms with Crippen LogP contribution in [-0.4, -0.2) is 34.7 Å². The van der Waals surface area contributed by atoms with Crippen LogP contribution in [0.2, 0.25) is 0 Å². The smallest absolute Gasteiger partial charge is 0.226 e. The van der Waals surface area contributed by atoms with Crippen LogP contribution in [0.15, 0.2) is 30.3 Å². The molecule has 0 radical (unpaired) electrons. The lowest BCUT2D eigenvalue weighted by Gasteiger charge is -2.28. The van der Waals surface area contributed by atoms with E-state index in [0.717, 1.165) is 18.8 Å². The van der Waals surface area contributed by atoms with Crippen molar-refractivity contribution in [2.24, 2.45) is 0 Å². The molecule has 1 saturated heterocycles. The lowest BCUT2D eigenvalue weighted by Crippen LogP contribution is -2.52. The van der Waals surface area contributed by atoms with E-state index in [1.807, 2.05) is 61.0 Å². The summed E-state index contributed by atoms with van der Waals surface area (Å²) >= 11 is 5.37. The molecule has 0 unspecified atom stereocenters. The van der Waals surface area contributed by atoms with Crippen LogP contribution < -0.4 is 15.8 Å². The summed E-state index contributed by atoms with van der Waals surface area (Å²) in [6.45, 7) is 7.36. The molecule has 2 rings (SSSR count). The highest BCUT2D eigenvalue weighted by Gasteiger charge is 2.38. The number of rotatable bonds is 5. The van der Waals surface area contributed by atoms with Crippen LogP contribution in [-0.2, 0) is 4.79 Å². The zero-order chi connectivity index (χ0) is 15.5. The van der Waals surface area contributed by atoms with Gasteiger partial charge in [0.15, 0.2) is 5.11 Å². The molecule has 1 fully saturated rings. The molecule has 0 bridgehead atoms. The van der Waals surface area contributed by atoms with Gasteiger partial charge in [-0.3, -0.25) is 9.80 Å². The van der Waals surface area contributed by atoms with Crippen LogP contribution >= 0.6 is 12.2 Å². The average Bonchev–Trinajstić information content (AvgIpc) is 2.76. The molecule has 5 nitrogen and oxygen atoms in total. The van der Waals surface area contributed by atoms with Crippen LogP contribution in [0.25, 0.3) is 0 Å². The number of hydrogen-bond donors (Lipinski definition) is 2. The fourth-order valence-corrected chi connectivity index (χ4v) is 2.83. The topological polar surface area (TPSA) is 47.6 Å². The summed E-state index contributed by atoms with van der Waals surface area (Å²) in [4.78, 5) is 14.1. The Labute approximate surface area is 131 Å². The van der Waals surface area contributed by atoms with Gasteiger partial charge in [0.05, 0.1) is 12.1 Å². The molecule has 1 aromatic carbocycles. The molecule has 1 amide bonds. The highest BCUT2D eigenvalue weighted by atomic mass is 32.1. The van der Waals surface area contributed by atoms with Crippen molar-refractivity contribution >= 4 is 28.9 Å². The second-order valence-corrected chi connectivity index (χ2v) is 5.67. The highest BCUT2D eigenvalue weighted by molar-refractivity contribution is 7.80. The molecule has 2 N–H and O–H groups in total. The fourth-order valence-electron chi connectivity index (χ4n) is 2.45. The van der Waals surface area contributed by atoms with Crippen molar-refractivity contribution in [2.45, 2.75) is 32.9 Å². The van der Waals surface area contributed by atoms with E-state index in [1.54, 1.807) is 0 Å². The largest absolute Gasteiger partial charge is 0.343 e. The number of benzene rings is 1. The van der Waals surface area contributed by atoms with E-state index >= 15 is 0 Å². The molecular formula is C15H22N4OS. The first kappa shape index (κ1) is 15.7. The third-order valence-corrected chi connectivity index (χ3v) is 3.86. The number of carbonyl (C=O) groups is 1. The number of nitrogens with one attached hydrogen (secondary N) is 2. The standard InChI is InChI=1S/C15H22N4OS/c1-4-18(5-2)13(20)11-15(3)16-14(21)19(17-15)12-9-7-6-8-10-12/h6-10,17H,4-5,11H2,1-3H3,(H,16,21)/t15-/m1/s1. The van der Waals surface area contributed by atoms with Gasteiger partial charge in [0.1, 0.15) is 5.66 Å². The van der Waals surface area contributed by atoms with E-state index in [2.05, 4.69) is 10.7 Å². The van der Waals surface area contributed by atoms with Crippen molar-refractivity contribution < 1.29 is 4.79 Å². The second-order valence-electron chi connectivity index (χ2n) is 5.29. The molecule has 1 aliphatic heterocycles. The molecule has 0 spiro atoms. The van der Waals surface area contributed by atoms with Crippen LogP contribution in [0.4, 0.5) is 5.69 Å². The first-order valence-corrected chi connectivity index (χ1v) is 7.63. The summed E-state index contributed by atoms with van der Waals surface area (Å²) < 4.78 is 0. The summed E-state index contributed by atoms with van der Waals surface area (Å²) in [5.74, 6) is 0.111. The second kappa shape index (κ2) is 6.41. The van der Waals surface area contributed by atoms with Crippen molar-refractivity contribution in [1.82, 2.24) is 15.6 Å². The Bertz CT molecular complexity index is 518. The number of thiocarbonyl (C=S) groups is 1. The zero-order valence-electron chi connectivity index (χ0n) is 12.7. The minimum atomic E-state index is -0.563. The maximum Gasteiger partial charge on any atom is 0.226 e. The predicted octanol–water partition coefficient (Wildman–Crippen LogP) is 1.86. The molecule has 1 atom stereocenters. The third-order valence-electron chi connectivity index (χ3n) is 3.58. The zero-order valence-corrected chi connectivity index (χ0v) is 13.5. The minimum absolute atomic E-state index is 0.111. The van der Waals surface area contributed by atoms with Gasteiger partial charge in [-0.05, 0) is 45.1 Å². The van der Waals surface area contributed by atoms with Gasteiger partial charge in [-0.15, -0.1) is 0 Å². The van der Waals surface area contributed by atoms with E-state index in [4.69, 9.17) is 12.2 Å². The van der Waals surface area contributed by atoms with E-state index in [1.165, 1.54) is 0 Å². The lowest BCUT2D eigenvalue weighted by atomic mass is 10.1. The number of nitrogens with zero attached hydrogens (tertiary/aromatic N) is 2. The van der Waals surface area contributed by atoms with Crippen LogP contribution in [0, 0.1) is 0 Å². The van der Waals surface area contributed by atoms with Crippen LogP contribution in [0.5, 0.6) is 0 Å². The molecule has 0 aliphatic carbocycles. The van der Waals surface area contributed by atoms with Gasteiger partial charge >= 0.3 is 0 Å². The maximum absolute atomic E-state index is 12.3. The number of hydrogen-bond acceptors (Lipinski definition) is 3. The van der Waals surface area contributed by atoms with E-state index in [0.29, 0.717) is 11.5 Å². The van der Waals surface area contributed by atoms with Crippen LogP contribution in [0.1, 0.15) is 27.2 Å². The summed E-state index contributed by atoms with van der Waals surface area (Å²) in [6, 6.07) is 9.81. The Morgan fingerprint density at radius 3 is 2.48 bits per heavy atom. The Morgan fingerprint density at radius 2 is 1.90 bits per heavy atom. The van der Waals surface area contributed by atoms with Gasteiger partial charge < -0.3 is 10.2 Å². The van der Waals surface area contributed by atoms with E-state index in [-0.39, 0.29) is 5.91 Å². The molecule has 0 saturated carbocycles. The van der Waals surface area contributed by atoms with Gasteiger partial charge in [0.2, 0.25) is 5.91 Å². The molecule has 1 aliphatic rings. The van der Waals surface area contributed by atoms with Gasteiger partial charge in [-0.1, -0.05) is 18.2 Å². The Kier molecular flexibility index (Phi) is 4.80. The van der Waals surface area contributed by atoms with Gasteiger partial charge in [-0.25, -0.2) is 5.43 Å². The lowest BCUT2D eigenvalue weighted by molar-refractivity contribution is -0.132. The first-order chi connectivity index (χ1) is 9.99. The monoisotopic (exact) mass is 306 g/mol. The first-order valence-electron chi connectivity index (χ1n) is 7.22. The van der Waals surface area contributed by atoms with Crippen molar-refractivity contribution in [3.05, 3.63) is 30.3 Å². The minimum Gasteiger partial charge on any atom is -0.343 e. The van der Waals surface area contributed by atoms with E-state index in [9.17, 15) is 4.79 Å². The normalized spacial score (nSPS) is 21.3.